The van der Waals surface area contributed by atoms with Crippen LogP contribution in [-0.2, 0) is 5.88 Å². The molecule has 1 aromatic rings. The summed E-state index contributed by atoms with van der Waals surface area (Å²) in [6.45, 7) is 1.63. The van der Waals surface area contributed by atoms with Crippen LogP contribution in [-0.4, -0.2) is 4.98 Å². The number of hydrogen-bond acceptors (Lipinski definition) is 1. The highest BCUT2D eigenvalue weighted by Gasteiger charge is 2.17. The van der Waals surface area contributed by atoms with E-state index in [1.54, 1.807) is 6.92 Å². The third-order valence-corrected chi connectivity index (χ3v) is 3.13. The van der Waals surface area contributed by atoms with Crippen LogP contribution in [0.15, 0.2) is 6.20 Å². The van der Waals surface area contributed by atoms with Crippen LogP contribution in [0.1, 0.15) is 23.1 Å². The number of halogens is 4. The average Bonchev–Trinajstić information content (AvgIpc) is 2.08. The predicted octanol–water partition coefficient (Wildman–Crippen LogP) is 3.67. The predicted molar refractivity (Wildman–Crippen MR) is 56.2 cm³/mol. The molecule has 0 unspecified atom stereocenters. The van der Waals surface area contributed by atoms with Crippen molar-refractivity contribution in [1.29, 1.82) is 0 Å². The lowest BCUT2D eigenvalue weighted by atomic mass is 10.1. The third-order valence-electron chi connectivity index (χ3n) is 1.76. The van der Waals surface area contributed by atoms with Gasteiger partial charge in [0.2, 0.25) is 0 Å². The van der Waals surface area contributed by atoms with E-state index < -0.39 is 6.43 Å². The SMILES string of the molecule is Cc1c(I)ncc(CCl)c1C(F)F. The van der Waals surface area contributed by atoms with E-state index in [2.05, 4.69) is 4.98 Å². The van der Waals surface area contributed by atoms with Crippen molar-refractivity contribution in [2.24, 2.45) is 0 Å². The summed E-state index contributed by atoms with van der Waals surface area (Å²) in [5.74, 6) is 0.0738. The van der Waals surface area contributed by atoms with Gasteiger partial charge in [-0.1, -0.05) is 0 Å². The Kier molecular flexibility index (Phi) is 3.85. The minimum atomic E-state index is -2.48. The van der Waals surface area contributed by atoms with Crippen molar-refractivity contribution in [3.05, 3.63) is 26.6 Å². The van der Waals surface area contributed by atoms with E-state index in [9.17, 15) is 8.78 Å². The fourth-order valence-electron chi connectivity index (χ4n) is 1.06. The van der Waals surface area contributed by atoms with Gasteiger partial charge in [0.15, 0.2) is 0 Å². The highest BCUT2D eigenvalue weighted by atomic mass is 127. The fraction of sp³-hybridized carbons (Fsp3) is 0.375. The van der Waals surface area contributed by atoms with Gasteiger partial charge < -0.3 is 0 Å². The molecule has 13 heavy (non-hydrogen) atoms. The Morgan fingerprint density at radius 1 is 1.62 bits per heavy atom. The molecule has 72 valence electrons. The highest BCUT2D eigenvalue weighted by Crippen LogP contribution is 2.28. The lowest BCUT2D eigenvalue weighted by molar-refractivity contribution is 0.149. The van der Waals surface area contributed by atoms with Crippen LogP contribution in [0.5, 0.6) is 0 Å². The minimum absolute atomic E-state index is 0.0226. The number of pyridine rings is 1. The van der Waals surface area contributed by atoms with E-state index in [4.69, 9.17) is 11.6 Å². The number of hydrogen-bond donors (Lipinski definition) is 0. The first-order valence-electron chi connectivity index (χ1n) is 3.56. The summed E-state index contributed by atoms with van der Waals surface area (Å²) in [6.07, 6.45) is -1.08. The van der Waals surface area contributed by atoms with Crippen molar-refractivity contribution >= 4 is 34.2 Å². The highest BCUT2D eigenvalue weighted by molar-refractivity contribution is 14.1. The van der Waals surface area contributed by atoms with Crippen LogP contribution in [0.3, 0.4) is 0 Å². The zero-order valence-electron chi connectivity index (χ0n) is 6.82. The van der Waals surface area contributed by atoms with Crippen molar-refractivity contribution in [2.45, 2.75) is 19.2 Å². The lowest BCUT2D eigenvalue weighted by Crippen LogP contribution is -2.00. The first-order chi connectivity index (χ1) is 6.07. The Labute approximate surface area is 93.6 Å². The van der Waals surface area contributed by atoms with Gasteiger partial charge in [-0.25, -0.2) is 13.8 Å². The van der Waals surface area contributed by atoms with Gasteiger partial charge in [0.05, 0.1) is 0 Å². The molecule has 0 fully saturated rings. The summed E-state index contributed by atoms with van der Waals surface area (Å²) in [5.41, 5.74) is 0.956. The van der Waals surface area contributed by atoms with Gasteiger partial charge in [-0.05, 0) is 40.6 Å². The van der Waals surface area contributed by atoms with Crippen LogP contribution < -0.4 is 0 Å². The Morgan fingerprint density at radius 2 is 2.23 bits per heavy atom. The van der Waals surface area contributed by atoms with Gasteiger partial charge in [0.25, 0.3) is 6.43 Å². The standard InChI is InChI=1S/C8H7ClF2IN/c1-4-6(7(10)11)5(2-9)3-13-8(4)12/h3,7H,2H2,1H3. The van der Waals surface area contributed by atoms with Gasteiger partial charge in [-0.3, -0.25) is 0 Å². The van der Waals surface area contributed by atoms with Crippen LogP contribution in [0.2, 0.25) is 0 Å². The maximum absolute atomic E-state index is 12.6. The molecule has 0 aliphatic rings. The molecular weight excluding hydrogens is 310 g/mol. The number of aromatic nitrogens is 1. The zero-order chi connectivity index (χ0) is 10.0. The van der Waals surface area contributed by atoms with E-state index in [0.717, 1.165) is 0 Å². The van der Waals surface area contributed by atoms with Crippen molar-refractivity contribution < 1.29 is 8.78 Å². The average molecular weight is 318 g/mol. The molecule has 0 radical (unpaired) electrons. The quantitative estimate of drug-likeness (QED) is 0.461. The van der Waals surface area contributed by atoms with E-state index in [0.29, 0.717) is 14.8 Å². The Hall–Kier alpha value is 0.0300. The topological polar surface area (TPSA) is 12.9 Å². The number of nitrogens with zero attached hydrogens (tertiary/aromatic N) is 1. The third kappa shape index (κ3) is 2.28. The molecule has 0 aliphatic heterocycles. The Bertz CT molecular complexity index is 317. The second-order valence-corrected chi connectivity index (χ2v) is 3.84. The van der Waals surface area contributed by atoms with Gasteiger partial charge in [0, 0.05) is 17.6 Å². The smallest absolute Gasteiger partial charge is 0.250 e. The van der Waals surface area contributed by atoms with Gasteiger partial charge in [-0.2, -0.15) is 0 Å². The Morgan fingerprint density at radius 3 is 2.69 bits per heavy atom. The summed E-state index contributed by atoms with van der Waals surface area (Å²) in [4.78, 5) is 3.96. The molecule has 1 rings (SSSR count). The molecule has 0 amide bonds. The Balaban J connectivity index is 3.32. The van der Waals surface area contributed by atoms with E-state index >= 15 is 0 Å². The second kappa shape index (κ2) is 4.50. The maximum Gasteiger partial charge on any atom is 0.264 e. The van der Waals surface area contributed by atoms with Crippen LogP contribution in [0.25, 0.3) is 0 Å². The van der Waals surface area contributed by atoms with Gasteiger partial charge >= 0.3 is 0 Å². The number of alkyl halides is 3. The van der Waals surface area contributed by atoms with Crippen LogP contribution in [0.4, 0.5) is 8.78 Å². The van der Waals surface area contributed by atoms with Crippen molar-refractivity contribution in [3.8, 4) is 0 Å². The molecule has 0 N–H and O–H groups in total. The maximum atomic E-state index is 12.6. The first-order valence-corrected chi connectivity index (χ1v) is 5.17. The molecule has 1 aromatic heterocycles. The largest absolute Gasteiger partial charge is 0.264 e. The van der Waals surface area contributed by atoms with Crippen LogP contribution >= 0.6 is 34.2 Å². The van der Waals surface area contributed by atoms with Crippen molar-refractivity contribution in [1.82, 2.24) is 4.98 Å². The molecule has 1 heterocycles. The normalized spacial score (nSPS) is 10.9. The fourth-order valence-corrected chi connectivity index (χ4v) is 1.71. The number of rotatable bonds is 2. The van der Waals surface area contributed by atoms with E-state index in [-0.39, 0.29) is 11.4 Å². The van der Waals surface area contributed by atoms with Gasteiger partial charge in [-0.15, -0.1) is 11.6 Å². The molecule has 0 aromatic carbocycles. The van der Waals surface area contributed by atoms with Crippen LogP contribution in [0, 0.1) is 10.6 Å². The van der Waals surface area contributed by atoms with E-state index in [1.807, 2.05) is 22.6 Å². The summed E-state index contributed by atoms with van der Waals surface area (Å²) in [7, 11) is 0. The van der Waals surface area contributed by atoms with Crippen molar-refractivity contribution in [3.63, 3.8) is 0 Å². The molecule has 0 atom stereocenters. The van der Waals surface area contributed by atoms with Gasteiger partial charge in [0.1, 0.15) is 3.70 Å². The second-order valence-electron chi connectivity index (χ2n) is 2.55. The molecule has 0 bridgehead atoms. The molecule has 5 heteroatoms. The molecule has 1 nitrogen and oxygen atoms in total. The van der Waals surface area contributed by atoms with Crippen molar-refractivity contribution in [2.75, 3.05) is 0 Å². The zero-order valence-corrected chi connectivity index (χ0v) is 9.73. The molecular formula is C8H7ClF2IN. The molecule has 0 spiro atoms. The summed E-state index contributed by atoms with van der Waals surface area (Å²) in [6, 6.07) is 0. The molecule has 0 saturated carbocycles. The van der Waals surface area contributed by atoms with E-state index in [1.165, 1.54) is 6.20 Å². The minimum Gasteiger partial charge on any atom is -0.250 e. The lowest BCUT2D eigenvalue weighted by Gasteiger charge is -2.10. The molecule has 0 saturated heterocycles. The molecule has 0 aliphatic carbocycles. The first kappa shape index (κ1) is 11.1. The summed E-state index contributed by atoms with van der Waals surface area (Å²) >= 11 is 7.45. The monoisotopic (exact) mass is 317 g/mol. The summed E-state index contributed by atoms with van der Waals surface area (Å²) in [5, 5.41) is 0. The summed E-state index contributed by atoms with van der Waals surface area (Å²) < 4.78 is 25.7.